The molecule has 0 spiro atoms. The second-order valence-electron chi connectivity index (χ2n) is 6.60. The van der Waals surface area contributed by atoms with Crippen molar-refractivity contribution in [3.63, 3.8) is 0 Å². The summed E-state index contributed by atoms with van der Waals surface area (Å²) < 4.78 is 14.6. The lowest BCUT2D eigenvalue weighted by Gasteiger charge is -2.28. The second kappa shape index (κ2) is 8.32. The number of rotatable bonds is 7. The summed E-state index contributed by atoms with van der Waals surface area (Å²) in [5.41, 5.74) is -0.242. The molecule has 0 aromatic heterocycles. The number of nitro benzene ring substituents is 1. The SMILES string of the molecule is CC(=O)C[C@@H](c1cccc([N+](=O)[O-])c1)P(=O)(c1ccccc1)c1ccccc1. The van der Waals surface area contributed by atoms with Gasteiger partial charge in [-0.1, -0.05) is 72.8 Å². The summed E-state index contributed by atoms with van der Waals surface area (Å²) in [6.07, 6.45) is 0.0300. The number of Topliss-reactive ketones (excluding diaryl/α,β-unsaturated/α-hetero) is 1. The Bertz CT molecular complexity index is 991. The quantitative estimate of drug-likeness (QED) is 0.333. The van der Waals surface area contributed by atoms with Gasteiger partial charge < -0.3 is 4.57 Å². The highest BCUT2D eigenvalue weighted by Crippen LogP contribution is 2.59. The summed E-state index contributed by atoms with van der Waals surface area (Å²) in [6, 6.07) is 24.2. The lowest BCUT2D eigenvalue weighted by molar-refractivity contribution is -0.384. The van der Waals surface area contributed by atoms with Crippen LogP contribution in [0.15, 0.2) is 84.9 Å². The predicted octanol–water partition coefficient (Wildman–Crippen LogP) is 4.63. The largest absolute Gasteiger partial charge is 0.313 e. The van der Waals surface area contributed by atoms with E-state index in [1.807, 2.05) is 36.4 Å². The van der Waals surface area contributed by atoms with Crippen LogP contribution in [0, 0.1) is 10.1 Å². The summed E-state index contributed by atoms with van der Waals surface area (Å²) in [6.45, 7) is 1.45. The fourth-order valence-electron chi connectivity index (χ4n) is 3.38. The number of nitrogens with zero attached hydrogens (tertiary/aromatic N) is 1. The molecule has 0 N–H and O–H groups in total. The van der Waals surface area contributed by atoms with Crippen molar-refractivity contribution in [2.75, 3.05) is 0 Å². The fourth-order valence-corrected chi connectivity index (χ4v) is 6.72. The molecule has 3 aromatic carbocycles. The standard InChI is InChI=1S/C22H20NO4P/c1-17(24)15-22(18-9-8-10-19(16-18)23(25)26)28(27,20-11-4-2-5-12-20)21-13-6-3-7-14-21/h2-14,16,22H,15H2,1H3/t22-/m0/s1. The molecule has 3 aromatic rings. The summed E-state index contributed by atoms with van der Waals surface area (Å²) in [5, 5.41) is 12.5. The van der Waals surface area contributed by atoms with Crippen LogP contribution in [0.25, 0.3) is 0 Å². The Morgan fingerprint density at radius 3 is 1.93 bits per heavy atom. The van der Waals surface area contributed by atoms with Crippen molar-refractivity contribution in [1.29, 1.82) is 0 Å². The first kappa shape index (κ1) is 19.7. The zero-order chi connectivity index (χ0) is 20.1. The van der Waals surface area contributed by atoms with Gasteiger partial charge in [0.25, 0.3) is 5.69 Å². The zero-order valence-electron chi connectivity index (χ0n) is 15.4. The van der Waals surface area contributed by atoms with Crippen LogP contribution in [0.2, 0.25) is 0 Å². The number of ketones is 1. The van der Waals surface area contributed by atoms with Gasteiger partial charge in [0.2, 0.25) is 0 Å². The van der Waals surface area contributed by atoms with Crippen LogP contribution in [-0.2, 0) is 9.36 Å². The van der Waals surface area contributed by atoms with Crippen LogP contribution >= 0.6 is 7.14 Å². The van der Waals surface area contributed by atoms with E-state index in [4.69, 9.17) is 0 Å². The third-order valence-corrected chi connectivity index (χ3v) is 8.15. The van der Waals surface area contributed by atoms with Gasteiger partial charge >= 0.3 is 0 Å². The van der Waals surface area contributed by atoms with E-state index in [1.54, 1.807) is 36.4 Å². The fraction of sp³-hybridized carbons (Fsp3) is 0.136. The molecule has 1 atom stereocenters. The molecule has 0 saturated carbocycles. The molecule has 5 nitrogen and oxygen atoms in total. The van der Waals surface area contributed by atoms with Gasteiger partial charge in [-0.25, -0.2) is 0 Å². The number of carbonyl (C=O) groups excluding carboxylic acids is 1. The first-order valence-corrected chi connectivity index (χ1v) is 10.7. The van der Waals surface area contributed by atoms with Gasteiger partial charge in [0.05, 0.1) is 10.6 Å². The maximum absolute atomic E-state index is 14.6. The number of non-ortho nitro benzene ring substituents is 1. The van der Waals surface area contributed by atoms with Crippen molar-refractivity contribution < 1.29 is 14.3 Å². The molecule has 6 heteroatoms. The van der Waals surface area contributed by atoms with Gasteiger partial charge in [-0.15, -0.1) is 0 Å². The topological polar surface area (TPSA) is 77.3 Å². The number of carbonyl (C=O) groups is 1. The molecule has 0 unspecified atom stereocenters. The van der Waals surface area contributed by atoms with Crippen LogP contribution in [0.1, 0.15) is 24.6 Å². The number of hydrogen-bond acceptors (Lipinski definition) is 4. The molecule has 0 amide bonds. The van der Waals surface area contributed by atoms with E-state index in [1.165, 1.54) is 19.1 Å². The first-order valence-electron chi connectivity index (χ1n) is 8.87. The van der Waals surface area contributed by atoms with Crippen LogP contribution in [0.3, 0.4) is 0 Å². The van der Waals surface area contributed by atoms with Gasteiger partial charge in [-0.3, -0.25) is 14.9 Å². The smallest absolute Gasteiger partial charge is 0.269 e. The van der Waals surface area contributed by atoms with E-state index in [9.17, 15) is 19.5 Å². The van der Waals surface area contributed by atoms with Gasteiger partial charge in [-0.2, -0.15) is 0 Å². The molecular weight excluding hydrogens is 373 g/mol. The average Bonchev–Trinajstić information content (AvgIpc) is 2.72. The molecule has 28 heavy (non-hydrogen) atoms. The van der Waals surface area contributed by atoms with Gasteiger partial charge in [0.1, 0.15) is 5.78 Å². The van der Waals surface area contributed by atoms with Crippen LogP contribution in [0.5, 0.6) is 0 Å². The maximum Gasteiger partial charge on any atom is 0.269 e. The molecule has 0 saturated heterocycles. The summed E-state index contributed by atoms with van der Waals surface area (Å²) >= 11 is 0. The Morgan fingerprint density at radius 2 is 1.46 bits per heavy atom. The number of benzene rings is 3. The number of hydrogen-bond donors (Lipinski definition) is 0. The van der Waals surface area contributed by atoms with Crippen LogP contribution in [0.4, 0.5) is 5.69 Å². The number of nitro groups is 1. The van der Waals surface area contributed by atoms with E-state index in [0.29, 0.717) is 16.2 Å². The minimum atomic E-state index is -3.30. The normalized spacial score (nSPS) is 12.3. The highest BCUT2D eigenvalue weighted by atomic mass is 31.2. The molecule has 0 fully saturated rings. The van der Waals surface area contributed by atoms with Crippen molar-refractivity contribution in [3.8, 4) is 0 Å². The molecule has 0 aliphatic carbocycles. The zero-order valence-corrected chi connectivity index (χ0v) is 16.3. The Kier molecular flexibility index (Phi) is 5.86. The Balaban J connectivity index is 2.27. The van der Waals surface area contributed by atoms with Crippen molar-refractivity contribution >= 4 is 29.2 Å². The van der Waals surface area contributed by atoms with E-state index < -0.39 is 17.7 Å². The third-order valence-electron chi connectivity index (χ3n) is 4.67. The lowest BCUT2D eigenvalue weighted by Crippen LogP contribution is -2.22. The minimum absolute atomic E-state index is 0.0300. The highest BCUT2D eigenvalue weighted by Gasteiger charge is 2.38. The van der Waals surface area contributed by atoms with E-state index in [-0.39, 0.29) is 17.9 Å². The van der Waals surface area contributed by atoms with Crippen molar-refractivity contribution in [2.45, 2.75) is 19.0 Å². The van der Waals surface area contributed by atoms with Crippen LogP contribution < -0.4 is 10.6 Å². The monoisotopic (exact) mass is 393 g/mol. The van der Waals surface area contributed by atoms with Crippen molar-refractivity contribution in [1.82, 2.24) is 0 Å². The molecular formula is C22H20NO4P. The van der Waals surface area contributed by atoms with Gasteiger partial charge in [-0.05, 0) is 12.5 Å². The summed E-state index contributed by atoms with van der Waals surface area (Å²) in [7, 11) is -3.30. The first-order chi connectivity index (χ1) is 13.4. The molecule has 0 radical (unpaired) electrons. The van der Waals surface area contributed by atoms with E-state index in [2.05, 4.69) is 0 Å². The maximum atomic E-state index is 14.6. The van der Waals surface area contributed by atoms with Crippen molar-refractivity contribution in [3.05, 3.63) is 101 Å². The predicted molar refractivity (Wildman–Crippen MR) is 111 cm³/mol. The highest BCUT2D eigenvalue weighted by molar-refractivity contribution is 7.79. The molecule has 0 heterocycles. The molecule has 3 rings (SSSR count). The Morgan fingerprint density at radius 1 is 0.929 bits per heavy atom. The average molecular weight is 393 g/mol. The Hall–Kier alpha value is -3.04. The van der Waals surface area contributed by atoms with Crippen LogP contribution in [-0.4, -0.2) is 10.7 Å². The third kappa shape index (κ3) is 3.95. The summed E-state index contributed by atoms with van der Waals surface area (Å²) in [4.78, 5) is 22.9. The van der Waals surface area contributed by atoms with E-state index in [0.717, 1.165) is 0 Å². The molecule has 142 valence electrons. The summed E-state index contributed by atoms with van der Waals surface area (Å²) in [5.74, 6) is -0.122. The lowest BCUT2D eigenvalue weighted by atomic mass is 10.1. The van der Waals surface area contributed by atoms with Gasteiger partial charge in [0.15, 0.2) is 7.14 Å². The molecule has 0 bridgehead atoms. The molecule has 0 aliphatic rings. The molecule has 0 aliphatic heterocycles. The van der Waals surface area contributed by atoms with E-state index >= 15 is 0 Å². The minimum Gasteiger partial charge on any atom is -0.313 e. The Labute approximate surface area is 163 Å². The van der Waals surface area contributed by atoms with Gasteiger partial charge in [0, 0.05) is 29.2 Å². The van der Waals surface area contributed by atoms with Crippen molar-refractivity contribution in [2.24, 2.45) is 0 Å². The second-order valence-corrected chi connectivity index (χ2v) is 9.58.